The van der Waals surface area contributed by atoms with E-state index in [0.29, 0.717) is 19.4 Å². The van der Waals surface area contributed by atoms with Gasteiger partial charge in [0, 0.05) is 13.1 Å². The number of hydrogen-bond donors (Lipinski definition) is 2. The third-order valence-electron chi connectivity index (χ3n) is 4.05. The molecule has 1 aliphatic rings. The molecular formula is C15H19NO5. The molecule has 0 spiro atoms. The Hall–Kier alpha value is -2.24. The number of carboxylic acids is 1. The van der Waals surface area contributed by atoms with Crippen LogP contribution in [0, 0.1) is 5.41 Å². The molecular weight excluding hydrogens is 274 g/mol. The number of carbonyl (C=O) groups excluding carboxylic acids is 1. The van der Waals surface area contributed by atoms with Crippen LogP contribution >= 0.6 is 0 Å². The van der Waals surface area contributed by atoms with Gasteiger partial charge in [0.15, 0.2) is 18.1 Å². The lowest BCUT2D eigenvalue weighted by atomic mass is 9.84. The van der Waals surface area contributed by atoms with Crippen molar-refractivity contribution in [2.75, 3.05) is 19.7 Å². The highest BCUT2D eigenvalue weighted by atomic mass is 16.5. The summed E-state index contributed by atoms with van der Waals surface area (Å²) in [5.41, 5.74) is -0.843. The van der Waals surface area contributed by atoms with Crippen molar-refractivity contribution in [1.82, 2.24) is 4.90 Å². The lowest BCUT2D eigenvalue weighted by molar-refractivity contribution is -0.148. The topological polar surface area (TPSA) is 87.1 Å². The molecule has 0 radical (unpaired) electrons. The number of ether oxygens (including phenoxy) is 1. The molecule has 1 amide bonds. The smallest absolute Gasteiger partial charge is 0.311 e. The van der Waals surface area contributed by atoms with E-state index in [4.69, 9.17) is 4.74 Å². The number of nitrogens with zero attached hydrogens (tertiary/aromatic N) is 1. The molecule has 1 saturated heterocycles. The number of phenols is 1. The molecule has 1 fully saturated rings. The van der Waals surface area contributed by atoms with Gasteiger partial charge in [-0.3, -0.25) is 9.59 Å². The number of benzene rings is 1. The first kappa shape index (κ1) is 15.2. The lowest BCUT2D eigenvalue weighted by Gasteiger charge is -2.23. The highest BCUT2D eigenvalue weighted by Gasteiger charge is 2.44. The fourth-order valence-corrected chi connectivity index (χ4v) is 2.51. The highest BCUT2D eigenvalue weighted by Crippen LogP contribution is 2.34. The second-order valence-electron chi connectivity index (χ2n) is 5.26. The van der Waals surface area contributed by atoms with Crippen molar-refractivity contribution in [3.63, 3.8) is 0 Å². The number of likely N-dealkylation sites (tertiary alicyclic amines) is 1. The SMILES string of the molecule is CCC1(C(=O)O)CCN(C(=O)COc2ccccc2O)C1. The molecule has 1 heterocycles. The van der Waals surface area contributed by atoms with Crippen molar-refractivity contribution >= 4 is 11.9 Å². The number of phenolic OH excluding ortho intramolecular Hbond substituents is 1. The first-order valence-corrected chi connectivity index (χ1v) is 6.90. The minimum absolute atomic E-state index is 0.0276. The Morgan fingerprint density at radius 3 is 2.67 bits per heavy atom. The lowest BCUT2D eigenvalue weighted by Crippen LogP contribution is -2.38. The van der Waals surface area contributed by atoms with Crippen LogP contribution in [-0.4, -0.2) is 46.7 Å². The summed E-state index contributed by atoms with van der Waals surface area (Å²) in [4.78, 5) is 24.9. The molecule has 1 aromatic rings. The summed E-state index contributed by atoms with van der Waals surface area (Å²) in [7, 11) is 0. The number of aromatic hydroxyl groups is 1. The molecule has 2 N–H and O–H groups in total. The molecule has 1 unspecified atom stereocenters. The second kappa shape index (κ2) is 6.03. The van der Waals surface area contributed by atoms with Crippen LogP contribution in [-0.2, 0) is 9.59 Å². The average molecular weight is 293 g/mol. The Morgan fingerprint density at radius 2 is 2.10 bits per heavy atom. The third kappa shape index (κ3) is 3.09. The fourth-order valence-electron chi connectivity index (χ4n) is 2.51. The van der Waals surface area contributed by atoms with Gasteiger partial charge < -0.3 is 19.8 Å². The number of carboxylic acid groups (broad SMARTS) is 1. The summed E-state index contributed by atoms with van der Waals surface area (Å²) in [6.07, 6.45) is 0.952. The maximum absolute atomic E-state index is 12.1. The summed E-state index contributed by atoms with van der Waals surface area (Å²) in [5, 5.41) is 18.9. The molecule has 1 atom stereocenters. The molecule has 6 nitrogen and oxygen atoms in total. The van der Waals surface area contributed by atoms with Gasteiger partial charge in [-0.2, -0.15) is 0 Å². The van der Waals surface area contributed by atoms with E-state index in [2.05, 4.69) is 0 Å². The predicted molar refractivity (Wildman–Crippen MR) is 75.2 cm³/mol. The standard InChI is InChI=1S/C15H19NO5/c1-2-15(14(19)20)7-8-16(10-15)13(18)9-21-12-6-4-3-5-11(12)17/h3-6,17H,2,7-10H2,1H3,(H,19,20). The van der Waals surface area contributed by atoms with Crippen LogP contribution in [0.25, 0.3) is 0 Å². The van der Waals surface area contributed by atoms with Crippen molar-refractivity contribution in [3.05, 3.63) is 24.3 Å². The number of amides is 1. The second-order valence-corrected chi connectivity index (χ2v) is 5.26. The van der Waals surface area contributed by atoms with Crippen molar-refractivity contribution in [2.24, 2.45) is 5.41 Å². The van der Waals surface area contributed by atoms with Gasteiger partial charge in [0.2, 0.25) is 0 Å². The number of rotatable bonds is 5. The Bertz CT molecular complexity index is 545. The van der Waals surface area contributed by atoms with Gasteiger partial charge in [0.1, 0.15) is 0 Å². The quantitative estimate of drug-likeness (QED) is 0.858. The summed E-state index contributed by atoms with van der Waals surface area (Å²) < 4.78 is 5.28. The zero-order valence-corrected chi connectivity index (χ0v) is 11.9. The minimum atomic E-state index is -0.859. The molecule has 1 aromatic carbocycles. The van der Waals surface area contributed by atoms with Crippen LogP contribution in [0.5, 0.6) is 11.5 Å². The number of carbonyl (C=O) groups is 2. The normalized spacial score (nSPS) is 21.3. The van der Waals surface area contributed by atoms with Gasteiger partial charge in [-0.15, -0.1) is 0 Å². The van der Waals surface area contributed by atoms with Gasteiger partial charge in [-0.05, 0) is 25.0 Å². The Morgan fingerprint density at radius 1 is 1.38 bits per heavy atom. The van der Waals surface area contributed by atoms with E-state index in [9.17, 15) is 19.8 Å². The van der Waals surface area contributed by atoms with Gasteiger partial charge in [-0.25, -0.2) is 0 Å². The van der Waals surface area contributed by atoms with E-state index in [1.54, 1.807) is 18.2 Å². The molecule has 0 saturated carbocycles. The number of hydrogen-bond acceptors (Lipinski definition) is 4. The fraction of sp³-hybridized carbons (Fsp3) is 0.467. The summed E-state index contributed by atoms with van der Waals surface area (Å²) in [6.45, 7) is 2.24. The molecule has 1 aliphatic heterocycles. The highest BCUT2D eigenvalue weighted by molar-refractivity contribution is 5.81. The van der Waals surface area contributed by atoms with Gasteiger partial charge in [-0.1, -0.05) is 19.1 Å². The van der Waals surface area contributed by atoms with Gasteiger partial charge in [0.25, 0.3) is 5.91 Å². The van der Waals surface area contributed by atoms with Gasteiger partial charge in [0.05, 0.1) is 5.41 Å². The Balaban J connectivity index is 1.94. The van der Waals surface area contributed by atoms with E-state index in [1.165, 1.54) is 11.0 Å². The summed E-state index contributed by atoms with van der Waals surface area (Å²) >= 11 is 0. The summed E-state index contributed by atoms with van der Waals surface area (Å²) in [6, 6.07) is 6.40. The van der Waals surface area contributed by atoms with Crippen molar-refractivity contribution in [2.45, 2.75) is 19.8 Å². The van der Waals surface area contributed by atoms with E-state index in [-0.39, 0.29) is 30.6 Å². The maximum atomic E-state index is 12.1. The first-order chi connectivity index (χ1) is 9.98. The molecule has 114 valence electrons. The van der Waals surface area contributed by atoms with Crippen LogP contribution in [0.4, 0.5) is 0 Å². The van der Waals surface area contributed by atoms with Crippen LogP contribution in [0.1, 0.15) is 19.8 Å². The van der Waals surface area contributed by atoms with Crippen molar-refractivity contribution in [1.29, 1.82) is 0 Å². The van der Waals surface area contributed by atoms with E-state index in [1.807, 2.05) is 6.92 Å². The van der Waals surface area contributed by atoms with Crippen molar-refractivity contribution in [3.8, 4) is 11.5 Å². The van der Waals surface area contributed by atoms with E-state index in [0.717, 1.165) is 0 Å². The van der Waals surface area contributed by atoms with Crippen LogP contribution in [0.2, 0.25) is 0 Å². The zero-order valence-electron chi connectivity index (χ0n) is 11.9. The Labute approximate surface area is 122 Å². The number of aliphatic carboxylic acids is 1. The van der Waals surface area contributed by atoms with Crippen molar-refractivity contribution < 1.29 is 24.5 Å². The Kier molecular flexibility index (Phi) is 4.35. The minimum Gasteiger partial charge on any atom is -0.504 e. The average Bonchev–Trinajstić information content (AvgIpc) is 2.92. The van der Waals surface area contributed by atoms with E-state index >= 15 is 0 Å². The molecule has 6 heteroatoms. The van der Waals surface area contributed by atoms with E-state index < -0.39 is 11.4 Å². The molecule has 0 bridgehead atoms. The monoisotopic (exact) mass is 293 g/mol. The maximum Gasteiger partial charge on any atom is 0.311 e. The van der Waals surface area contributed by atoms with Gasteiger partial charge >= 0.3 is 5.97 Å². The molecule has 0 aromatic heterocycles. The zero-order chi connectivity index (χ0) is 15.5. The third-order valence-corrected chi connectivity index (χ3v) is 4.05. The van der Waals surface area contributed by atoms with Crippen LogP contribution in [0.3, 0.4) is 0 Å². The number of para-hydroxylation sites is 2. The predicted octanol–water partition coefficient (Wildman–Crippen LogP) is 1.48. The molecule has 2 rings (SSSR count). The molecule has 21 heavy (non-hydrogen) atoms. The largest absolute Gasteiger partial charge is 0.504 e. The van der Waals surface area contributed by atoms with Crippen LogP contribution < -0.4 is 4.74 Å². The molecule has 0 aliphatic carbocycles. The first-order valence-electron chi connectivity index (χ1n) is 6.90. The summed E-state index contributed by atoms with van der Waals surface area (Å²) in [5.74, 6) is -0.915. The van der Waals surface area contributed by atoms with Crippen LogP contribution in [0.15, 0.2) is 24.3 Å².